The monoisotopic (exact) mass is 456 g/mol. The molecule has 2 heterocycles. The molecule has 0 unspecified atom stereocenters. The molecule has 1 N–H and O–H groups in total. The molecule has 2 aliphatic heterocycles. The molecule has 5 rings (SSSR count). The van der Waals surface area contributed by atoms with Crippen LogP contribution in [-0.4, -0.2) is 64.4 Å². The normalized spacial score (nSPS) is 18.4. The largest absolute Gasteiger partial charge is 0.486 e. The van der Waals surface area contributed by atoms with Crippen molar-refractivity contribution >= 4 is 27.3 Å². The maximum Gasteiger partial charge on any atom is 0.268 e. The van der Waals surface area contributed by atoms with Crippen LogP contribution in [0.1, 0.15) is 20.7 Å². The third kappa shape index (κ3) is 3.51. The summed E-state index contributed by atoms with van der Waals surface area (Å²) in [6.45, 7) is 2.02. The van der Waals surface area contributed by atoms with Gasteiger partial charge in [0.15, 0.2) is 16.4 Å². The first-order valence-electron chi connectivity index (χ1n) is 10.1. The fourth-order valence-electron chi connectivity index (χ4n) is 3.98. The number of rotatable bonds is 4. The van der Waals surface area contributed by atoms with Gasteiger partial charge in [-0.05, 0) is 12.1 Å². The number of ketones is 2. The van der Waals surface area contributed by atoms with Crippen molar-refractivity contribution in [2.75, 3.05) is 44.2 Å². The van der Waals surface area contributed by atoms with Gasteiger partial charge in [0.1, 0.15) is 18.9 Å². The number of sulfonamides is 1. The number of fused-ring (bicyclic) bond motifs is 2. The molecule has 1 aliphatic carbocycles. The van der Waals surface area contributed by atoms with Gasteiger partial charge in [-0.1, -0.05) is 24.3 Å². The van der Waals surface area contributed by atoms with E-state index in [4.69, 9.17) is 14.2 Å². The third-order valence-electron chi connectivity index (χ3n) is 5.44. The molecule has 0 saturated carbocycles. The van der Waals surface area contributed by atoms with E-state index in [2.05, 4.69) is 4.72 Å². The maximum absolute atomic E-state index is 13.5. The Morgan fingerprint density at radius 2 is 1.47 bits per heavy atom. The molecule has 2 aromatic rings. The van der Waals surface area contributed by atoms with E-state index in [1.807, 2.05) is 0 Å². The summed E-state index contributed by atoms with van der Waals surface area (Å²) >= 11 is 0. The zero-order chi connectivity index (χ0) is 22.3. The number of anilines is 1. The van der Waals surface area contributed by atoms with Gasteiger partial charge in [-0.15, -0.1) is 0 Å². The number of allylic oxidation sites excluding steroid dienone is 2. The van der Waals surface area contributed by atoms with Gasteiger partial charge in [-0.2, -0.15) is 0 Å². The fraction of sp³-hybridized carbons (Fsp3) is 0.273. The molecule has 0 spiro atoms. The number of benzene rings is 2. The Morgan fingerprint density at radius 1 is 0.812 bits per heavy atom. The number of Topliss-reactive ketones (excluding diaryl/α,β-unsaturated/α-hetero) is 2. The highest BCUT2D eigenvalue weighted by molar-refractivity contribution is 7.97. The van der Waals surface area contributed by atoms with Gasteiger partial charge in [-0.3, -0.25) is 14.3 Å². The van der Waals surface area contributed by atoms with Crippen LogP contribution in [0, 0.1) is 0 Å². The highest BCUT2D eigenvalue weighted by Gasteiger charge is 2.41. The topological polar surface area (TPSA) is 111 Å². The van der Waals surface area contributed by atoms with Gasteiger partial charge in [0.05, 0.1) is 18.9 Å². The summed E-state index contributed by atoms with van der Waals surface area (Å²) in [7, 11) is -4.41. The molecule has 0 aromatic heterocycles. The molecule has 1 saturated heterocycles. The molecule has 1 fully saturated rings. The molecule has 32 heavy (non-hydrogen) atoms. The van der Waals surface area contributed by atoms with Gasteiger partial charge in [0, 0.05) is 30.3 Å². The van der Waals surface area contributed by atoms with E-state index in [9.17, 15) is 18.0 Å². The second kappa shape index (κ2) is 7.95. The van der Waals surface area contributed by atoms with E-state index >= 15 is 0 Å². The Bertz CT molecular complexity index is 1250. The van der Waals surface area contributed by atoms with E-state index in [1.54, 1.807) is 23.1 Å². The Morgan fingerprint density at radius 3 is 2.19 bits per heavy atom. The number of ether oxygens (including phenoxy) is 3. The lowest BCUT2D eigenvalue weighted by Crippen LogP contribution is -2.43. The van der Waals surface area contributed by atoms with E-state index in [-0.39, 0.29) is 22.5 Å². The minimum atomic E-state index is -4.41. The number of morpholine rings is 1. The first-order chi connectivity index (χ1) is 15.5. The van der Waals surface area contributed by atoms with Gasteiger partial charge in [0.2, 0.25) is 11.6 Å². The highest BCUT2D eigenvalue weighted by Crippen LogP contribution is 2.35. The minimum absolute atomic E-state index is 0.0667. The quantitative estimate of drug-likeness (QED) is 0.742. The zero-order valence-corrected chi connectivity index (χ0v) is 17.8. The van der Waals surface area contributed by atoms with Crippen LogP contribution in [0.25, 0.3) is 0 Å². The lowest BCUT2D eigenvalue weighted by Gasteiger charge is -2.33. The van der Waals surface area contributed by atoms with E-state index < -0.39 is 26.5 Å². The Balaban J connectivity index is 1.60. The molecule has 166 valence electrons. The van der Waals surface area contributed by atoms with Crippen LogP contribution in [0.15, 0.2) is 53.1 Å². The summed E-state index contributed by atoms with van der Waals surface area (Å²) in [5, 5.41) is 0. The summed E-state index contributed by atoms with van der Waals surface area (Å²) in [6.07, 6.45) is 0. The number of nitrogens with one attached hydrogen (secondary N) is 1. The predicted octanol–water partition coefficient (Wildman–Crippen LogP) is 1.82. The van der Waals surface area contributed by atoms with Crippen molar-refractivity contribution in [3.8, 4) is 11.5 Å². The molecule has 0 radical (unpaired) electrons. The van der Waals surface area contributed by atoms with Crippen molar-refractivity contribution in [1.29, 1.82) is 0 Å². The number of hydrogen-bond donors (Lipinski definition) is 1. The van der Waals surface area contributed by atoms with Crippen molar-refractivity contribution in [3.63, 3.8) is 0 Å². The fourth-order valence-corrected chi connectivity index (χ4v) is 5.35. The summed E-state index contributed by atoms with van der Waals surface area (Å²) in [4.78, 5) is 27.7. The van der Waals surface area contributed by atoms with Crippen LogP contribution in [0.5, 0.6) is 11.5 Å². The molecule has 2 aromatic carbocycles. The van der Waals surface area contributed by atoms with E-state index in [0.29, 0.717) is 51.0 Å². The molecule has 3 aliphatic rings. The summed E-state index contributed by atoms with van der Waals surface area (Å²) in [5.74, 6) is -0.308. The Kier molecular flexibility index (Phi) is 5.10. The smallest absolute Gasteiger partial charge is 0.268 e. The Hall–Kier alpha value is -3.37. The second-order valence-electron chi connectivity index (χ2n) is 7.44. The van der Waals surface area contributed by atoms with Crippen LogP contribution in [0.2, 0.25) is 0 Å². The van der Waals surface area contributed by atoms with Crippen LogP contribution in [0.3, 0.4) is 0 Å². The SMILES string of the molecule is O=C1C(N2CCOCC2)=C(S(=O)(=O)Nc2ccc3c(c2)OCCO3)C(=O)c2ccccc21. The lowest BCUT2D eigenvalue weighted by molar-refractivity contribution is 0.0499. The lowest BCUT2D eigenvalue weighted by atomic mass is 9.91. The maximum atomic E-state index is 13.5. The van der Waals surface area contributed by atoms with Crippen molar-refractivity contribution in [2.45, 2.75) is 0 Å². The van der Waals surface area contributed by atoms with Crippen LogP contribution in [-0.2, 0) is 14.8 Å². The number of nitrogens with zero attached hydrogens (tertiary/aromatic N) is 1. The molecule has 9 nitrogen and oxygen atoms in total. The van der Waals surface area contributed by atoms with Crippen LogP contribution in [0.4, 0.5) is 5.69 Å². The van der Waals surface area contributed by atoms with Crippen molar-refractivity contribution < 1.29 is 32.2 Å². The average molecular weight is 456 g/mol. The van der Waals surface area contributed by atoms with Crippen molar-refractivity contribution in [1.82, 2.24) is 4.90 Å². The summed E-state index contributed by atoms with van der Waals surface area (Å²) in [6, 6.07) is 10.8. The average Bonchev–Trinajstić information content (AvgIpc) is 2.81. The molecular weight excluding hydrogens is 436 g/mol. The second-order valence-corrected chi connectivity index (χ2v) is 9.06. The number of carbonyl (C=O) groups is 2. The number of hydrogen-bond acceptors (Lipinski definition) is 8. The van der Waals surface area contributed by atoms with E-state index in [0.717, 1.165) is 0 Å². The molecule has 10 heteroatoms. The summed E-state index contributed by atoms with van der Waals surface area (Å²) < 4.78 is 45.7. The highest BCUT2D eigenvalue weighted by atomic mass is 32.2. The van der Waals surface area contributed by atoms with Crippen LogP contribution >= 0.6 is 0 Å². The van der Waals surface area contributed by atoms with Gasteiger partial charge in [0.25, 0.3) is 10.0 Å². The Labute approximate surface area is 184 Å². The van der Waals surface area contributed by atoms with Gasteiger partial charge >= 0.3 is 0 Å². The summed E-state index contributed by atoms with van der Waals surface area (Å²) in [5.41, 5.74) is 0.332. The third-order valence-corrected chi connectivity index (χ3v) is 6.86. The zero-order valence-electron chi connectivity index (χ0n) is 17.0. The number of carbonyl (C=O) groups excluding carboxylic acids is 2. The van der Waals surface area contributed by atoms with E-state index in [1.165, 1.54) is 24.3 Å². The molecule has 0 bridgehead atoms. The minimum Gasteiger partial charge on any atom is -0.486 e. The van der Waals surface area contributed by atoms with Crippen LogP contribution < -0.4 is 14.2 Å². The standard InChI is InChI=1S/C22H20N2O7S/c25-20-15-3-1-2-4-16(15)21(26)22(19(20)24-7-9-29-10-8-24)32(27,28)23-14-5-6-17-18(13-14)31-12-11-30-17/h1-6,13,23H,7-12H2. The van der Waals surface area contributed by atoms with Gasteiger partial charge in [-0.25, -0.2) is 8.42 Å². The van der Waals surface area contributed by atoms with Crippen molar-refractivity contribution in [3.05, 3.63) is 64.2 Å². The molecule has 0 atom stereocenters. The van der Waals surface area contributed by atoms with Crippen molar-refractivity contribution in [2.24, 2.45) is 0 Å². The molecule has 0 amide bonds. The first-order valence-corrected chi connectivity index (χ1v) is 11.6. The van der Waals surface area contributed by atoms with Gasteiger partial charge < -0.3 is 19.1 Å². The molecular formula is C22H20N2O7S. The first kappa shape index (κ1) is 20.5. The predicted molar refractivity (Wildman–Crippen MR) is 114 cm³/mol.